The normalized spacial score (nSPS) is 16.9. The zero-order valence-electron chi connectivity index (χ0n) is 12.9. The number of fused-ring (bicyclic) bond motifs is 1. The van der Waals surface area contributed by atoms with Crippen LogP contribution in [-0.4, -0.2) is 53.7 Å². The number of nitrogens with zero attached hydrogens (tertiary/aromatic N) is 3. The van der Waals surface area contributed by atoms with Gasteiger partial charge in [0.1, 0.15) is 0 Å². The van der Waals surface area contributed by atoms with Crippen molar-refractivity contribution in [2.75, 3.05) is 39.4 Å². The predicted octanol–water partition coefficient (Wildman–Crippen LogP) is 1.82. The lowest BCUT2D eigenvalue weighted by atomic mass is 10.3. The Kier molecular flexibility index (Phi) is 4.90. The third-order valence-electron chi connectivity index (χ3n) is 4.05. The van der Waals surface area contributed by atoms with Crippen molar-refractivity contribution >= 4 is 16.3 Å². The molecule has 21 heavy (non-hydrogen) atoms. The monoisotopic (exact) mass is 308 g/mol. The van der Waals surface area contributed by atoms with Crippen molar-refractivity contribution in [1.82, 2.24) is 19.6 Å². The second kappa shape index (κ2) is 6.87. The summed E-state index contributed by atoms with van der Waals surface area (Å²) in [7, 11) is 0. The van der Waals surface area contributed by atoms with Crippen molar-refractivity contribution in [1.29, 1.82) is 0 Å². The molecule has 0 radical (unpaired) electrons. The van der Waals surface area contributed by atoms with E-state index in [2.05, 4.69) is 38.8 Å². The molecule has 2 aromatic heterocycles. The van der Waals surface area contributed by atoms with Crippen LogP contribution in [0.2, 0.25) is 0 Å². The molecule has 5 nitrogen and oxygen atoms in total. The molecular weight excluding hydrogens is 284 g/mol. The molecule has 1 N–H and O–H groups in total. The molecule has 1 aliphatic heterocycles. The third-order valence-corrected chi connectivity index (χ3v) is 5.00. The lowest BCUT2D eigenvalue weighted by Gasteiger charge is -2.26. The van der Waals surface area contributed by atoms with E-state index in [1.54, 1.807) is 11.3 Å². The molecule has 0 spiro atoms. The van der Waals surface area contributed by atoms with Gasteiger partial charge in [-0.25, -0.2) is 4.98 Å². The van der Waals surface area contributed by atoms with E-state index >= 15 is 0 Å². The lowest BCUT2D eigenvalue weighted by Crippen LogP contribution is -2.37. The van der Waals surface area contributed by atoms with E-state index in [-0.39, 0.29) is 0 Å². The van der Waals surface area contributed by atoms with Crippen LogP contribution in [0.3, 0.4) is 0 Å². The molecule has 1 saturated heterocycles. The van der Waals surface area contributed by atoms with Crippen LogP contribution in [0.4, 0.5) is 0 Å². The molecule has 0 bridgehead atoms. The van der Waals surface area contributed by atoms with Gasteiger partial charge in [-0.05, 0) is 33.4 Å². The molecule has 1 fully saturated rings. The summed E-state index contributed by atoms with van der Waals surface area (Å²) in [5.41, 5.74) is 3.72. The Morgan fingerprint density at radius 1 is 1.33 bits per heavy atom. The topological polar surface area (TPSA) is 41.8 Å². The van der Waals surface area contributed by atoms with Gasteiger partial charge in [0.2, 0.25) is 0 Å². The number of rotatable bonds is 6. The van der Waals surface area contributed by atoms with Gasteiger partial charge in [-0.15, -0.1) is 11.3 Å². The van der Waals surface area contributed by atoms with Gasteiger partial charge < -0.3 is 10.1 Å². The highest BCUT2D eigenvalue weighted by Gasteiger charge is 2.12. The number of aromatic nitrogens is 2. The first-order chi connectivity index (χ1) is 10.3. The summed E-state index contributed by atoms with van der Waals surface area (Å²) in [5, 5.41) is 5.73. The number of hydrogen-bond donors (Lipinski definition) is 1. The van der Waals surface area contributed by atoms with Crippen LogP contribution in [0.15, 0.2) is 5.38 Å². The minimum atomic E-state index is 0.887. The van der Waals surface area contributed by atoms with Gasteiger partial charge in [0, 0.05) is 30.7 Å². The number of nitrogens with one attached hydrogen (secondary N) is 1. The summed E-state index contributed by atoms with van der Waals surface area (Å²) in [6, 6.07) is 0. The van der Waals surface area contributed by atoms with Crippen LogP contribution in [-0.2, 0) is 11.3 Å². The van der Waals surface area contributed by atoms with E-state index in [0.717, 1.165) is 56.6 Å². The quantitative estimate of drug-likeness (QED) is 0.827. The Morgan fingerprint density at radius 2 is 2.14 bits per heavy atom. The molecule has 0 unspecified atom stereocenters. The number of morpholine rings is 1. The van der Waals surface area contributed by atoms with E-state index in [1.165, 1.54) is 17.8 Å². The molecule has 2 aromatic rings. The molecule has 0 aliphatic carbocycles. The fourth-order valence-electron chi connectivity index (χ4n) is 2.83. The first-order valence-electron chi connectivity index (χ1n) is 7.68. The van der Waals surface area contributed by atoms with E-state index in [9.17, 15) is 0 Å². The van der Waals surface area contributed by atoms with Crippen molar-refractivity contribution in [2.45, 2.75) is 26.8 Å². The Labute approximate surface area is 129 Å². The fourth-order valence-corrected chi connectivity index (χ4v) is 3.77. The molecule has 0 saturated carbocycles. The molecule has 3 heterocycles. The fraction of sp³-hybridized carbons (Fsp3) is 0.667. The van der Waals surface area contributed by atoms with Gasteiger partial charge in [-0.2, -0.15) is 0 Å². The summed E-state index contributed by atoms with van der Waals surface area (Å²) in [6.07, 6.45) is 1.18. The van der Waals surface area contributed by atoms with Crippen LogP contribution in [0.5, 0.6) is 0 Å². The highest BCUT2D eigenvalue weighted by atomic mass is 32.1. The second-order valence-corrected chi connectivity index (χ2v) is 6.46. The number of thiazole rings is 1. The minimum absolute atomic E-state index is 0.887. The van der Waals surface area contributed by atoms with Crippen LogP contribution in [0.1, 0.15) is 23.5 Å². The van der Waals surface area contributed by atoms with E-state index in [1.807, 2.05) is 0 Å². The van der Waals surface area contributed by atoms with Gasteiger partial charge >= 0.3 is 0 Å². The van der Waals surface area contributed by atoms with Crippen molar-refractivity contribution in [3.05, 3.63) is 22.5 Å². The summed E-state index contributed by atoms with van der Waals surface area (Å²) in [4.78, 5) is 8.21. The smallest absolute Gasteiger partial charge is 0.194 e. The highest BCUT2D eigenvalue weighted by molar-refractivity contribution is 7.15. The average molecular weight is 308 g/mol. The molecule has 116 valence electrons. The largest absolute Gasteiger partial charge is 0.379 e. The van der Waals surface area contributed by atoms with Crippen LogP contribution < -0.4 is 5.32 Å². The van der Waals surface area contributed by atoms with Crippen LogP contribution >= 0.6 is 11.3 Å². The Hall–Kier alpha value is -0.950. The number of ether oxygens (including phenoxy) is 1. The van der Waals surface area contributed by atoms with Crippen molar-refractivity contribution in [3.8, 4) is 0 Å². The van der Waals surface area contributed by atoms with Gasteiger partial charge in [-0.1, -0.05) is 0 Å². The highest BCUT2D eigenvalue weighted by Crippen LogP contribution is 2.20. The molecule has 0 aromatic carbocycles. The summed E-state index contributed by atoms with van der Waals surface area (Å²) in [5.74, 6) is 0. The molecule has 0 amide bonds. The molecule has 3 rings (SSSR count). The number of imidazole rings is 1. The maximum atomic E-state index is 5.37. The van der Waals surface area contributed by atoms with Crippen LogP contribution in [0, 0.1) is 13.8 Å². The summed E-state index contributed by atoms with van der Waals surface area (Å²) < 4.78 is 7.64. The Bertz CT molecular complexity index is 586. The zero-order chi connectivity index (χ0) is 14.7. The number of hydrogen-bond acceptors (Lipinski definition) is 5. The molecule has 6 heteroatoms. The molecule has 0 atom stereocenters. The Balaban J connectivity index is 1.46. The maximum absolute atomic E-state index is 5.37. The maximum Gasteiger partial charge on any atom is 0.194 e. The van der Waals surface area contributed by atoms with E-state index < -0.39 is 0 Å². The van der Waals surface area contributed by atoms with Gasteiger partial charge in [0.05, 0.1) is 24.6 Å². The van der Waals surface area contributed by atoms with Gasteiger partial charge in [0.15, 0.2) is 4.96 Å². The Morgan fingerprint density at radius 3 is 2.95 bits per heavy atom. The second-order valence-electron chi connectivity index (χ2n) is 5.62. The van der Waals surface area contributed by atoms with E-state index in [4.69, 9.17) is 4.74 Å². The minimum Gasteiger partial charge on any atom is -0.379 e. The first-order valence-corrected chi connectivity index (χ1v) is 8.56. The van der Waals surface area contributed by atoms with Crippen LogP contribution in [0.25, 0.3) is 4.96 Å². The zero-order valence-corrected chi connectivity index (χ0v) is 13.7. The SMILES string of the molecule is Cc1nc2scc(C)n2c1CNCCCN1CCOCC1. The third kappa shape index (κ3) is 3.45. The van der Waals surface area contributed by atoms with E-state index in [0.29, 0.717) is 0 Å². The molecule has 1 aliphatic rings. The molecular formula is C15H24N4OS. The van der Waals surface area contributed by atoms with Gasteiger partial charge in [0.25, 0.3) is 0 Å². The lowest BCUT2D eigenvalue weighted by molar-refractivity contribution is 0.0374. The van der Waals surface area contributed by atoms with Crippen molar-refractivity contribution < 1.29 is 4.74 Å². The van der Waals surface area contributed by atoms with Crippen molar-refractivity contribution in [3.63, 3.8) is 0 Å². The average Bonchev–Trinajstić information content (AvgIpc) is 3.00. The first kappa shape index (κ1) is 15.0. The van der Waals surface area contributed by atoms with Crippen molar-refractivity contribution in [2.24, 2.45) is 0 Å². The predicted molar refractivity (Wildman–Crippen MR) is 86.1 cm³/mol. The number of aryl methyl sites for hydroxylation is 2. The van der Waals surface area contributed by atoms with Gasteiger partial charge in [-0.3, -0.25) is 9.30 Å². The summed E-state index contributed by atoms with van der Waals surface area (Å²) in [6.45, 7) is 11.3. The summed E-state index contributed by atoms with van der Waals surface area (Å²) >= 11 is 1.72. The standard InChI is InChI=1S/C15H24N4OS/c1-12-11-21-15-17-13(2)14(19(12)15)10-16-4-3-5-18-6-8-20-9-7-18/h11,16H,3-10H2,1-2H3.